The third-order valence-corrected chi connectivity index (χ3v) is 5.43. The molecule has 9 nitrogen and oxygen atoms in total. The number of nitrogens with zero attached hydrogens (tertiary/aromatic N) is 2. The lowest BCUT2D eigenvalue weighted by Crippen LogP contribution is -2.41. The molecule has 1 unspecified atom stereocenters. The largest absolute Gasteiger partial charge is 0.466 e. The van der Waals surface area contributed by atoms with Crippen molar-refractivity contribution < 1.29 is 33.0 Å². The Hall–Kier alpha value is -4.65. The summed E-state index contributed by atoms with van der Waals surface area (Å²) in [6, 6.07) is 13.7. The number of hydrogen-bond donors (Lipinski definition) is 1. The molecule has 0 radical (unpaired) electrons. The Labute approximate surface area is 213 Å². The van der Waals surface area contributed by atoms with Gasteiger partial charge in [-0.2, -0.15) is 5.26 Å². The summed E-state index contributed by atoms with van der Waals surface area (Å²) >= 11 is 0. The Bertz CT molecular complexity index is 1350. The van der Waals surface area contributed by atoms with Crippen LogP contribution in [0.4, 0.5) is 10.1 Å². The highest BCUT2D eigenvalue weighted by molar-refractivity contribution is 6.06. The Morgan fingerprint density at radius 1 is 1.00 bits per heavy atom. The van der Waals surface area contributed by atoms with E-state index in [2.05, 4.69) is 0 Å². The van der Waals surface area contributed by atoms with Gasteiger partial charge in [-0.1, -0.05) is 30.3 Å². The number of nitriles is 1. The van der Waals surface area contributed by atoms with Gasteiger partial charge in [0.15, 0.2) is 0 Å². The van der Waals surface area contributed by atoms with Crippen LogP contribution in [0.5, 0.6) is 0 Å². The van der Waals surface area contributed by atoms with E-state index in [1.807, 2.05) is 6.07 Å². The van der Waals surface area contributed by atoms with Gasteiger partial charge in [0.2, 0.25) is 0 Å². The van der Waals surface area contributed by atoms with Gasteiger partial charge >= 0.3 is 17.9 Å². The molecule has 192 valence electrons. The van der Waals surface area contributed by atoms with Crippen molar-refractivity contribution in [3.05, 3.63) is 88.1 Å². The van der Waals surface area contributed by atoms with Crippen molar-refractivity contribution in [2.24, 2.45) is 5.73 Å². The van der Waals surface area contributed by atoms with Crippen LogP contribution < -0.4 is 10.6 Å². The number of nitrogens with two attached hydrogens (primary N) is 1. The summed E-state index contributed by atoms with van der Waals surface area (Å²) in [4.78, 5) is 39.8. The number of halogens is 1. The van der Waals surface area contributed by atoms with Crippen LogP contribution in [0.1, 0.15) is 42.6 Å². The molecule has 0 spiro atoms. The summed E-state index contributed by atoms with van der Waals surface area (Å²) in [6.07, 6.45) is 0. The van der Waals surface area contributed by atoms with Crippen LogP contribution in [-0.4, -0.2) is 37.7 Å². The quantitative estimate of drug-likeness (QED) is 0.475. The molecular formula is C27H26FN3O6. The van der Waals surface area contributed by atoms with Gasteiger partial charge < -0.3 is 19.9 Å². The molecule has 1 heterocycles. The third kappa shape index (κ3) is 5.30. The van der Waals surface area contributed by atoms with Crippen molar-refractivity contribution in [2.45, 2.75) is 32.3 Å². The van der Waals surface area contributed by atoms with E-state index in [1.165, 1.54) is 6.07 Å². The van der Waals surface area contributed by atoms with Gasteiger partial charge in [-0.25, -0.2) is 18.8 Å². The molecule has 3 rings (SSSR count). The van der Waals surface area contributed by atoms with Crippen molar-refractivity contribution in [1.82, 2.24) is 0 Å². The van der Waals surface area contributed by atoms with Crippen LogP contribution in [0.2, 0.25) is 0 Å². The van der Waals surface area contributed by atoms with Crippen LogP contribution in [-0.2, 0) is 23.8 Å². The fourth-order valence-electron chi connectivity index (χ4n) is 3.91. The van der Waals surface area contributed by atoms with Gasteiger partial charge in [-0.3, -0.25) is 4.90 Å². The van der Waals surface area contributed by atoms with E-state index in [9.17, 15) is 19.6 Å². The average molecular weight is 508 g/mol. The summed E-state index contributed by atoms with van der Waals surface area (Å²) in [5.74, 6) is -5.08. The van der Waals surface area contributed by atoms with Gasteiger partial charge in [0.25, 0.3) is 0 Å². The van der Waals surface area contributed by atoms with Gasteiger partial charge in [0.1, 0.15) is 22.9 Å². The van der Waals surface area contributed by atoms with E-state index < -0.39 is 40.9 Å². The summed E-state index contributed by atoms with van der Waals surface area (Å²) in [5, 5.41) is 10.1. The van der Waals surface area contributed by atoms with Crippen LogP contribution in [0.25, 0.3) is 0 Å². The number of carbonyl (C=O) groups excluding carboxylic acids is 3. The number of benzene rings is 2. The minimum absolute atomic E-state index is 0.0494. The van der Waals surface area contributed by atoms with E-state index in [4.69, 9.17) is 19.9 Å². The SMILES string of the molecule is COC(=O)C1=C(C(=O)OC)N(c2cc(C(=O)OC(C)(C)C)ccc2F)C(N)=C(C#N)C1c1ccccc1. The highest BCUT2D eigenvalue weighted by Gasteiger charge is 2.43. The Kier molecular flexibility index (Phi) is 7.67. The summed E-state index contributed by atoms with van der Waals surface area (Å²) < 4.78 is 30.5. The minimum atomic E-state index is -1.11. The van der Waals surface area contributed by atoms with E-state index in [-0.39, 0.29) is 28.2 Å². The number of esters is 3. The number of methoxy groups -OCH3 is 2. The molecule has 2 aromatic carbocycles. The van der Waals surface area contributed by atoms with Crippen LogP contribution in [0, 0.1) is 17.1 Å². The first-order valence-electron chi connectivity index (χ1n) is 11.1. The maximum atomic E-state index is 15.3. The first kappa shape index (κ1) is 26.9. The number of hydrogen-bond acceptors (Lipinski definition) is 9. The normalized spacial score (nSPS) is 15.7. The van der Waals surface area contributed by atoms with Crippen LogP contribution >= 0.6 is 0 Å². The van der Waals surface area contributed by atoms with Crippen molar-refractivity contribution in [3.63, 3.8) is 0 Å². The molecule has 37 heavy (non-hydrogen) atoms. The molecule has 0 aliphatic carbocycles. The second kappa shape index (κ2) is 10.5. The lowest BCUT2D eigenvalue weighted by molar-refractivity contribution is -0.139. The standard InChI is InChI=1S/C27H26FN3O6/c1-27(2,3)37-24(32)16-11-12-18(28)19(13-16)31-22(26(34)36-5)21(25(33)35-4)20(17(14-29)23(31)30)15-9-7-6-8-10-15/h6-13,20H,30H2,1-5H3. The number of rotatable bonds is 5. The third-order valence-electron chi connectivity index (χ3n) is 5.43. The van der Waals surface area contributed by atoms with E-state index >= 15 is 4.39 Å². The monoisotopic (exact) mass is 507 g/mol. The molecule has 0 saturated heterocycles. The predicted octanol–water partition coefficient (Wildman–Crippen LogP) is 3.68. The van der Waals surface area contributed by atoms with Gasteiger partial charge in [0.05, 0.1) is 48.6 Å². The molecule has 1 aliphatic heterocycles. The predicted molar refractivity (Wildman–Crippen MR) is 131 cm³/mol. The molecule has 2 aromatic rings. The maximum Gasteiger partial charge on any atom is 0.355 e. The topological polar surface area (TPSA) is 132 Å². The summed E-state index contributed by atoms with van der Waals surface area (Å²) in [6.45, 7) is 5.01. The Morgan fingerprint density at radius 2 is 1.62 bits per heavy atom. The van der Waals surface area contributed by atoms with E-state index in [0.717, 1.165) is 31.3 Å². The molecule has 0 aromatic heterocycles. The molecule has 0 saturated carbocycles. The smallest absolute Gasteiger partial charge is 0.355 e. The minimum Gasteiger partial charge on any atom is -0.466 e. The number of ether oxygens (including phenoxy) is 3. The van der Waals surface area contributed by atoms with Gasteiger partial charge in [-0.05, 0) is 44.5 Å². The van der Waals surface area contributed by atoms with Crippen molar-refractivity contribution in [3.8, 4) is 6.07 Å². The molecule has 1 aliphatic rings. The highest BCUT2D eigenvalue weighted by atomic mass is 19.1. The van der Waals surface area contributed by atoms with E-state index in [1.54, 1.807) is 51.1 Å². The molecule has 10 heteroatoms. The summed E-state index contributed by atoms with van der Waals surface area (Å²) in [5.41, 5.74) is 4.71. The van der Waals surface area contributed by atoms with E-state index in [0.29, 0.717) is 5.56 Å². The average Bonchev–Trinajstić information content (AvgIpc) is 2.86. The zero-order chi connectivity index (χ0) is 27.5. The molecule has 0 amide bonds. The molecule has 0 fully saturated rings. The maximum absolute atomic E-state index is 15.3. The molecular weight excluding hydrogens is 481 g/mol. The Morgan fingerprint density at radius 3 is 2.16 bits per heavy atom. The number of anilines is 1. The summed E-state index contributed by atoms with van der Waals surface area (Å²) in [7, 11) is 2.18. The number of allylic oxidation sites excluding steroid dienone is 1. The van der Waals surface area contributed by atoms with Crippen LogP contribution in [0.3, 0.4) is 0 Å². The van der Waals surface area contributed by atoms with Crippen LogP contribution in [0.15, 0.2) is 71.2 Å². The fraction of sp³-hybridized carbons (Fsp3) is 0.259. The second-order valence-corrected chi connectivity index (χ2v) is 9.00. The fourth-order valence-corrected chi connectivity index (χ4v) is 3.91. The zero-order valence-electron chi connectivity index (χ0n) is 21.0. The first-order chi connectivity index (χ1) is 17.4. The Balaban J connectivity index is 2.37. The molecule has 2 N–H and O–H groups in total. The van der Waals surface area contributed by atoms with Crippen molar-refractivity contribution in [2.75, 3.05) is 19.1 Å². The van der Waals surface area contributed by atoms with Gasteiger partial charge in [-0.15, -0.1) is 0 Å². The first-order valence-corrected chi connectivity index (χ1v) is 11.1. The van der Waals surface area contributed by atoms with Crippen molar-refractivity contribution >= 4 is 23.6 Å². The lowest BCUT2D eigenvalue weighted by atomic mass is 9.81. The zero-order valence-corrected chi connectivity index (χ0v) is 21.0. The molecule has 1 atom stereocenters. The van der Waals surface area contributed by atoms with Crippen molar-refractivity contribution in [1.29, 1.82) is 5.26 Å². The van der Waals surface area contributed by atoms with Gasteiger partial charge in [0, 0.05) is 0 Å². The molecule has 0 bridgehead atoms. The number of carbonyl (C=O) groups is 3. The second-order valence-electron chi connectivity index (χ2n) is 9.00. The highest BCUT2D eigenvalue weighted by Crippen LogP contribution is 2.43. The lowest BCUT2D eigenvalue weighted by Gasteiger charge is -2.36.